The summed E-state index contributed by atoms with van der Waals surface area (Å²) in [4.78, 5) is 31.2. The molecule has 6 heteroatoms. The van der Waals surface area contributed by atoms with Gasteiger partial charge in [-0.25, -0.2) is 14.2 Å². The van der Waals surface area contributed by atoms with Crippen molar-refractivity contribution in [1.29, 1.82) is 0 Å². The molecule has 1 heterocycles. The van der Waals surface area contributed by atoms with E-state index in [1.807, 2.05) is 0 Å². The molecule has 1 rings (SSSR count). The number of nitrogens with one attached hydrogen (secondary N) is 1. The molecule has 0 bridgehead atoms. The lowest BCUT2D eigenvalue weighted by atomic mass is 10.1. The van der Waals surface area contributed by atoms with Crippen molar-refractivity contribution < 1.29 is 0 Å². The molecule has 0 spiro atoms. The lowest BCUT2D eigenvalue weighted by Gasteiger charge is -2.20. The number of aromatic amines is 1. The summed E-state index contributed by atoms with van der Waals surface area (Å²) in [7, 11) is 3.41. The molecule has 0 aliphatic heterocycles. The Bertz CT molecular complexity index is 433. The van der Waals surface area contributed by atoms with Gasteiger partial charge in [-0.15, -0.1) is 0 Å². The Morgan fingerprint density at radius 3 is 2.13 bits per heavy atom. The van der Waals surface area contributed by atoms with Crippen molar-refractivity contribution in [3.8, 4) is 0 Å². The van der Waals surface area contributed by atoms with Gasteiger partial charge in [-0.1, -0.05) is 0 Å². The van der Waals surface area contributed by atoms with E-state index in [4.69, 9.17) is 0 Å². The van der Waals surface area contributed by atoms with Gasteiger partial charge in [0.25, 0.3) is 0 Å². The fourth-order valence-corrected chi connectivity index (χ4v) is 1.21. The highest BCUT2D eigenvalue weighted by molar-refractivity contribution is 5.23. The zero-order valence-electron chi connectivity index (χ0n) is 9.66. The van der Waals surface area contributed by atoms with Crippen molar-refractivity contribution in [2.24, 2.45) is 0 Å². The van der Waals surface area contributed by atoms with E-state index >= 15 is 0 Å². The quantitative estimate of drug-likeness (QED) is 0.697. The second-order valence-corrected chi connectivity index (χ2v) is 4.55. The Hall–Kier alpha value is -1.59. The minimum atomic E-state index is -0.567. The summed E-state index contributed by atoms with van der Waals surface area (Å²) in [6.07, 6.45) is 0. The third-order valence-electron chi connectivity index (χ3n) is 1.91. The molecule has 0 aliphatic carbocycles. The minimum absolute atomic E-state index is 0.269. The van der Waals surface area contributed by atoms with E-state index in [-0.39, 0.29) is 5.95 Å². The topological polar surface area (TPSA) is 71.0 Å². The molecule has 0 fully saturated rings. The number of aromatic nitrogens is 3. The highest BCUT2D eigenvalue weighted by atomic mass is 16.2. The largest absolute Gasteiger partial charge is 0.355 e. The maximum absolute atomic E-state index is 11.7. The molecule has 0 atom stereocenters. The van der Waals surface area contributed by atoms with Crippen LogP contribution in [-0.4, -0.2) is 28.6 Å². The molecule has 1 N–H and O–H groups in total. The number of hydrogen-bond acceptors (Lipinski definition) is 4. The first-order chi connectivity index (χ1) is 6.73. The van der Waals surface area contributed by atoms with E-state index in [1.165, 1.54) is 0 Å². The van der Waals surface area contributed by atoms with E-state index in [0.29, 0.717) is 0 Å². The second-order valence-electron chi connectivity index (χ2n) is 4.55. The van der Waals surface area contributed by atoms with Crippen molar-refractivity contribution in [1.82, 2.24) is 14.5 Å². The molecule has 6 nitrogen and oxygen atoms in total. The lowest BCUT2D eigenvalue weighted by Crippen LogP contribution is -2.46. The average Bonchev–Trinajstić information content (AvgIpc) is 1.99. The summed E-state index contributed by atoms with van der Waals surface area (Å²) in [6.45, 7) is 5.34. The predicted molar refractivity (Wildman–Crippen MR) is 58.4 cm³/mol. The molecule has 1 aromatic rings. The van der Waals surface area contributed by atoms with Gasteiger partial charge in [0.1, 0.15) is 0 Å². The van der Waals surface area contributed by atoms with Crippen LogP contribution < -0.4 is 16.3 Å². The van der Waals surface area contributed by atoms with Crippen molar-refractivity contribution in [2.45, 2.75) is 26.3 Å². The van der Waals surface area contributed by atoms with Gasteiger partial charge in [-0.3, -0.25) is 4.98 Å². The molecule has 1 aromatic heterocycles. The second kappa shape index (κ2) is 3.52. The Kier molecular flexibility index (Phi) is 2.70. The van der Waals surface area contributed by atoms with Crippen molar-refractivity contribution in [2.75, 3.05) is 19.0 Å². The smallest absolute Gasteiger partial charge is 0.348 e. The van der Waals surface area contributed by atoms with Crippen LogP contribution >= 0.6 is 0 Å². The number of anilines is 1. The maximum atomic E-state index is 11.7. The molecule has 84 valence electrons. The summed E-state index contributed by atoms with van der Waals surface area (Å²) >= 11 is 0. The van der Waals surface area contributed by atoms with Crippen LogP contribution in [0.3, 0.4) is 0 Å². The van der Waals surface area contributed by atoms with Crippen LogP contribution in [0.5, 0.6) is 0 Å². The van der Waals surface area contributed by atoms with E-state index in [1.54, 1.807) is 39.8 Å². The van der Waals surface area contributed by atoms with Crippen LogP contribution in [0, 0.1) is 0 Å². The third-order valence-corrected chi connectivity index (χ3v) is 1.91. The van der Waals surface area contributed by atoms with Crippen LogP contribution in [0.2, 0.25) is 0 Å². The molecule has 0 aromatic carbocycles. The van der Waals surface area contributed by atoms with Crippen LogP contribution in [0.15, 0.2) is 9.59 Å². The molecule has 0 amide bonds. The molecule has 0 unspecified atom stereocenters. The van der Waals surface area contributed by atoms with Gasteiger partial charge in [0.05, 0.1) is 0 Å². The molecular formula is C9H16N4O2. The first-order valence-corrected chi connectivity index (χ1v) is 4.64. The Labute approximate surface area is 87.6 Å². The molecule has 0 saturated heterocycles. The standard InChI is InChI=1S/C9H16N4O2/c1-9(2,3)13-7(14)10-6(12(4)5)11-8(13)15/h1-5H3,(H,10,11,14,15). The summed E-state index contributed by atoms with van der Waals surface area (Å²) in [5.41, 5.74) is -1.54. The Morgan fingerprint density at radius 2 is 1.80 bits per heavy atom. The van der Waals surface area contributed by atoms with E-state index in [9.17, 15) is 9.59 Å². The number of H-pyrrole nitrogens is 1. The summed E-state index contributed by atoms with van der Waals surface area (Å²) in [5.74, 6) is 0.269. The van der Waals surface area contributed by atoms with Crippen molar-refractivity contribution in [3.05, 3.63) is 21.0 Å². The monoisotopic (exact) mass is 212 g/mol. The normalized spacial score (nSPS) is 11.5. The number of nitrogens with zero attached hydrogens (tertiary/aromatic N) is 3. The minimum Gasteiger partial charge on any atom is -0.348 e. The number of rotatable bonds is 1. The molecule has 0 saturated carbocycles. The van der Waals surface area contributed by atoms with Crippen LogP contribution in [0.4, 0.5) is 5.95 Å². The van der Waals surface area contributed by atoms with E-state index in [2.05, 4.69) is 9.97 Å². The lowest BCUT2D eigenvalue weighted by molar-refractivity contribution is 0.359. The molecule has 0 radical (unpaired) electrons. The molecule has 15 heavy (non-hydrogen) atoms. The Morgan fingerprint density at radius 1 is 1.27 bits per heavy atom. The van der Waals surface area contributed by atoms with Crippen molar-refractivity contribution in [3.63, 3.8) is 0 Å². The Balaban J connectivity index is 3.49. The van der Waals surface area contributed by atoms with Gasteiger partial charge in [0.2, 0.25) is 5.95 Å². The van der Waals surface area contributed by atoms with Crippen molar-refractivity contribution >= 4 is 5.95 Å². The first kappa shape index (κ1) is 11.5. The van der Waals surface area contributed by atoms with Crippen LogP contribution in [-0.2, 0) is 5.54 Å². The van der Waals surface area contributed by atoms with Gasteiger partial charge < -0.3 is 4.90 Å². The zero-order valence-corrected chi connectivity index (χ0v) is 9.66. The van der Waals surface area contributed by atoms with Crippen LogP contribution in [0.25, 0.3) is 0 Å². The highest BCUT2D eigenvalue weighted by Gasteiger charge is 2.19. The fourth-order valence-electron chi connectivity index (χ4n) is 1.21. The summed E-state index contributed by atoms with van der Waals surface area (Å²) in [6, 6.07) is 0. The molecular weight excluding hydrogens is 196 g/mol. The van der Waals surface area contributed by atoms with E-state index < -0.39 is 16.9 Å². The predicted octanol–water partition coefficient (Wildman–Crippen LogP) is -0.247. The van der Waals surface area contributed by atoms with Gasteiger partial charge in [0, 0.05) is 19.6 Å². The van der Waals surface area contributed by atoms with Gasteiger partial charge in [-0.05, 0) is 20.8 Å². The van der Waals surface area contributed by atoms with E-state index in [0.717, 1.165) is 4.57 Å². The zero-order chi connectivity index (χ0) is 11.8. The summed E-state index contributed by atoms with van der Waals surface area (Å²) in [5, 5.41) is 0. The number of hydrogen-bond donors (Lipinski definition) is 1. The first-order valence-electron chi connectivity index (χ1n) is 4.64. The third kappa shape index (κ3) is 2.26. The van der Waals surface area contributed by atoms with Gasteiger partial charge in [0.15, 0.2) is 0 Å². The highest BCUT2D eigenvalue weighted by Crippen LogP contribution is 2.06. The SMILES string of the molecule is CN(C)c1nc(=O)n(C(C)(C)C)c(=O)[nH]1. The maximum Gasteiger partial charge on any atom is 0.355 e. The fraction of sp³-hybridized carbons (Fsp3) is 0.667. The average molecular weight is 212 g/mol. The molecule has 0 aliphatic rings. The van der Waals surface area contributed by atoms with Crippen LogP contribution in [0.1, 0.15) is 20.8 Å². The van der Waals surface area contributed by atoms with Gasteiger partial charge >= 0.3 is 11.4 Å². The summed E-state index contributed by atoms with van der Waals surface area (Å²) < 4.78 is 1.10. The van der Waals surface area contributed by atoms with Gasteiger partial charge in [-0.2, -0.15) is 4.98 Å².